The van der Waals surface area contributed by atoms with Gasteiger partial charge in [0.1, 0.15) is 16.7 Å². The number of nitrogens with zero attached hydrogens (tertiary/aromatic N) is 2. The first-order valence-electron chi connectivity index (χ1n) is 7.53. The molecule has 7 nitrogen and oxygen atoms in total. The van der Waals surface area contributed by atoms with Crippen LogP contribution in [0.3, 0.4) is 0 Å². The Morgan fingerprint density at radius 1 is 1.52 bits per heavy atom. The van der Waals surface area contributed by atoms with Crippen LogP contribution in [0.4, 0.5) is 0 Å². The predicted molar refractivity (Wildman–Crippen MR) is 82.4 cm³/mol. The highest BCUT2D eigenvalue weighted by molar-refractivity contribution is 6.32. The Morgan fingerprint density at radius 2 is 2.26 bits per heavy atom. The number of carbonyl (C=O) groups excluding carboxylic acids is 2. The Labute approximate surface area is 138 Å². The molecule has 0 amide bonds. The molecule has 0 bridgehead atoms. The van der Waals surface area contributed by atoms with E-state index < -0.39 is 29.5 Å². The number of ether oxygens (including phenoxy) is 2. The number of hydrogen-bond donors (Lipinski definition) is 0. The van der Waals surface area contributed by atoms with Gasteiger partial charge in [-0.15, -0.1) is 0 Å². The van der Waals surface area contributed by atoms with Gasteiger partial charge < -0.3 is 9.47 Å². The van der Waals surface area contributed by atoms with Crippen LogP contribution in [-0.4, -0.2) is 34.7 Å². The normalized spacial score (nSPS) is 19.2. The van der Waals surface area contributed by atoms with Crippen LogP contribution < -0.4 is 5.56 Å². The molecule has 0 N–H and O–H groups in total. The third kappa shape index (κ3) is 3.79. The van der Waals surface area contributed by atoms with Crippen LogP contribution in [0, 0.1) is 0 Å². The minimum atomic E-state index is -1.25. The van der Waals surface area contributed by atoms with Gasteiger partial charge in [-0.2, -0.15) is 9.78 Å². The first kappa shape index (κ1) is 17.6. The third-order valence-electron chi connectivity index (χ3n) is 3.64. The molecule has 2 rings (SSSR count). The summed E-state index contributed by atoms with van der Waals surface area (Å²) in [5, 5.41) is 3.84. The Bertz CT molecular complexity index is 652. The van der Waals surface area contributed by atoms with E-state index in [4.69, 9.17) is 21.1 Å². The number of esters is 1. The van der Waals surface area contributed by atoms with Crippen LogP contribution in [0.15, 0.2) is 11.0 Å². The van der Waals surface area contributed by atoms with Crippen molar-refractivity contribution in [2.24, 2.45) is 0 Å². The second kappa shape index (κ2) is 7.70. The fraction of sp³-hybridized carbons (Fsp3) is 0.600. The highest BCUT2D eigenvalue weighted by Gasteiger charge is 2.31. The van der Waals surface area contributed by atoms with Crippen LogP contribution in [0.1, 0.15) is 50.8 Å². The lowest BCUT2D eigenvalue weighted by atomic mass is 9.97. The molecule has 8 heteroatoms. The molecule has 0 aliphatic carbocycles. The van der Waals surface area contributed by atoms with E-state index in [0.29, 0.717) is 13.0 Å². The van der Waals surface area contributed by atoms with Gasteiger partial charge in [-0.3, -0.25) is 14.4 Å². The van der Waals surface area contributed by atoms with Crippen molar-refractivity contribution in [1.29, 1.82) is 0 Å². The zero-order chi connectivity index (χ0) is 17.0. The molecule has 2 atom stereocenters. The maximum absolute atomic E-state index is 12.4. The van der Waals surface area contributed by atoms with Crippen LogP contribution in [0.2, 0.25) is 5.02 Å². The lowest BCUT2D eigenvalue weighted by Gasteiger charge is -2.24. The van der Waals surface area contributed by atoms with Gasteiger partial charge in [0.25, 0.3) is 5.56 Å². The molecule has 0 aromatic carbocycles. The summed E-state index contributed by atoms with van der Waals surface area (Å²) in [4.78, 5) is 36.2. The van der Waals surface area contributed by atoms with Crippen molar-refractivity contribution in [3.63, 3.8) is 0 Å². The van der Waals surface area contributed by atoms with E-state index in [9.17, 15) is 14.4 Å². The van der Waals surface area contributed by atoms with Crippen molar-refractivity contribution in [1.82, 2.24) is 9.78 Å². The second-order valence-corrected chi connectivity index (χ2v) is 5.66. The van der Waals surface area contributed by atoms with E-state index in [1.807, 2.05) is 0 Å². The van der Waals surface area contributed by atoms with Gasteiger partial charge >= 0.3 is 5.97 Å². The van der Waals surface area contributed by atoms with E-state index in [2.05, 4.69) is 5.10 Å². The highest BCUT2D eigenvalue weighted by Crippen LogP contribution is 2.25. The molecule has 1 saturated heterocycles. The number of rotatable bonds is 5. The first-order chi connectivity index (χ1) is 11.0. The van der Waals surface area contributed by atoms with Crippen molar-refractivity contribution < 1.29 is 19.1 Å². The lowest BCUT2D eigenvalue weighted by molar-refractivity contribution is -0.147. The van der Waals surface area contributed by atoms with E-state index in [1.54, 1.807) is 6.92 Å². The molecule has 2 heterocycles. The summed E-state index contributed by atoms with van der Waals surface area (Å²) in [6.45, 7) is 3.55. The fourth-order valence-corrected chi connectivity index (χ4v) is 2.76. The van der Waals surface area contributed by atoms with Crippen LogP contribution >= 0.6 is 11.6 Å². The van der Waals surface area contributed by atoms with Crippen molar-refractivity contribution >= 4 is 23.4 Å². The molecular formula is C15H19ClN2O5. The number of halogens is 1. The third-order valence-corrected chi connectivity index (χ3v) is 4.02. The average molecular weight is 343 g/mol. The fourth-order valence-electron chi connectivity index (χ4n) is 2.52. The lowest BCUT2D eigenvalue weighted by Crippen LogP contribution is -2.33. The van der Waals surface area contributed by atoms with Gasteiger partial charge in [0.15, 0.2) is 6.23 Å². The number of aromatic nitrogens is 2. The Morgan fingerprint density at radius 3 is 2.83 bits per heavy atom. The minimum Gasteiger partial charge on any atom is -0.465 e. The SMILES string of the molecule is CCOC(=O)C(C(C)=O)c1cnn(C2CCCCO2)c(=O)c1Cl. The molecule has 1 aliphatic heterocycles. The van der Waals surface area contributed by atoms with Crippen LogP contribution in [0.5, 0.6) is 0 Å². The second-order valence-electron chi connectivity index (χ2n) is 5.28. The van der Waals surface area contributed by atoms with Gasteiger partial charge in [-0.1, -0.05) is 11.6 Å². The van der Waals surface area contributed by atoms with Gasteiger partial charge in [0.2, 0.25) is 0 Å². The van der Waals surface area contributed by atoms with Crippen LogP contribution in [-0.2, 0) is 19.1 Å². The zero-order valence-electron chi connectivity index (χ0n) is 13.1. The summed E-state index contributed by atoms with van der Waals surface area (Å²) >= 11 is 6.11. The molecule has 2 unspecified atom stereocenters. The molecule has 1 fully saturated rings. The van der Waals surface area contributed by atoms with Crippen molar-refractivity contribution in [2.75, 3.05) is 13.2 Å². The predicted octanol–water partition coefficient (Wildman–Crippen LogP) is 1.83. The number of ketones is 1. The standard InChI is InChI=1S/C15H19ClN2O5/c1-3-22-15(21)12(9(2)19)10-8-17-18(14(20)13(10)16)11-6-4-5-7-23-11/h8,11-12H,3-7H2,1-2H3. The smallest absolute Gasteiger partial charge is 0.321 e. The first-order valence-corrected chi connectivity index (χ1v) is 7.91. The molecule has 126 valence electrons. The zero-order valence-corrected chi connectivity index (χ0v) is 13.8. The summed E-state index contributed by atoms with van der Waals surface area (Å²) in [5.74, 6) is -2.45. The number of Topliss-reactive ketones (excluding diaryl/α,β-unsaturated/α-hetero) is 1. The van der Waals surface area contributed by atoms with E-state index >= 15 is 0 Å². The number of hydrogen-bond acceptors (Lipinski definition) is 6. The topological polar surface area (TPSA) is 87.5 Å². The highest BCUT2D eigenvalue weighted by atomic mass is 35.5. The maximum Gasteiger partial charge on any atom is 0.321 e. The van der Waals surface area contributed by atoms with Crippen molar-refractivity contribution in [2.45, 2.75) is 45.3 Å². The Kier molecular flexibility index (Phi) is 5.90. The summed E-state index contributed by atoms with van der Waals surface area (Å²) in [6, 6.07) is 0. The molecule has 23 heavy (non-hydrogen) atoms. The van der Waals surface area contributed by atoms with Gasteiger partial charge in [-0.25, -0.2) is 0 Å². The van der Waals surface area contributed by atoms with Crippen molar-refractivity contribution in [3.05, 3.63) is 27.1 Å². The molecule has 0 radical (unpaired) electrons. The van der Waals surface area contributed by atoms with Gasteiger partial charge in [0.05, 0.1) is 12.8 Å². The molecule has 1 aromatic rings. The van der Waals surface area contributed by atoms with Crippen molar-refractivity contribution in [3.8, 4) is 0 Å². The summed E-state index contributed by atoms with van der Waals surface area (Å²) in [6.07, 6.45) is 3.33. The Balaban J connectivity index is 2.40. The largest absolute Gasteiger partial charge is 0.465 e. The molecule has 0 saturated carbocycles. The van der Waals surface area contributed by atoms with E-state index in [-0.39, 0.29) is 17.2 Å². The maximum atomic E-state index is 12.4. The number of carbonyl (C=O) groups is 2. The molecule has 1 aliphatic rings. The molecule has 0 spiro atoms. The minimum absolute atomic E-state index is 0.0645. The van der Waals surface area contributed by atoms with Gasteiger partial charge in [-0.05, 0) is 33.1 Å². The average Bonchev–Trinajstić information content (AvgIpc) is 2.52. The van der Waals surface area contributed by atoms with E-state index in [0.717, 1.165) is 17.5 Å². The molecule has 1 aromatic heterocycles. The quantitative estimate of drug-likeness (QED) is 0.599. The summed E-state index contributed by atoms with van der Waals surface area (Å²) in [7, 11) is 0. The van der Waals surface area contributed by atoms with Crippen LogP contribution in [0.25, 0.3) is 0 Å². The summed E-state index contributed by atoms with van der Waals surface area (Å²) in [5.41, 5.74) is -0.513. The van der Waals surface area contributed by atoms with Gasteiger partial charge in [0, 0.05) is 12.2 Å². The molecular weight excluding hydrogens is 324 g/mol. The van der Waals surface area contributed by atoms with E-state index in [1.165, 1.54) is 13.1 Å². The summed E-state index contributed by atoms with van der Waals surface area (Å²) < 4.78 is 11.6. The Hall–Kier alpha value is -1.73. The monoisotopic (exact) mass is 342 g/mol.